The van der Waals surface area contributed by atoms with Crippen LogP contribution in [0.4, 0.5) is 0 Å². The van der Waals surface area contributed by atoms with E-state index < -0.39 is 10.1 Å². The average Bonchev–Trinajstić information content (AvgIpc) is 2.26. The van der Waals surface area contributed by atoms with Crippen LogP contribution in [-0.2, 0) is 19.0 Å². The van der Waals surface area contributed by atoms with Crippen molar-refractivity contribution in [2.75, 3.05) is 12.9 Å². The van der Waals surface area contributed by atoms with E-state index in [9.17, 15) is 8.42 Å². The predicted molar refractivity (Wildman–Crippen MR) is 79.0 cm³/mol. The molecule has 1 aliphatic heterocycles. The summed E-state index contributed by atoms with van der Waals surface area (Å²) in [5.41, 5.74) is 0.203. The van der Waals surface area contributed by atoms with Gasteiger partial charge in [0.15, 0.2) is 0 Å². The zero-order chi connectivity index (χ0) is 15.0. The standard InChI is InChI=1S/C15H28O4S/c1-14(2,3)12-5-8-15(9-6-12)11-13(7-10-18-15)19-20(4,16)17/h12-13H,5-11H2,1-4H3. The van der Waals surface area contributed by atoms with E-state index in [0.29, 0.717) is 18.4 Å². The van der Waals surface area contributed by atoms with Gasteiger partial charge in [-0.25, -0.2) is 0 Å². The molecule has 0 N–H and O–H groups in total. The van der Waals surface area contributed by atoms with Gasteiger partial charge in [-0.1, -0.05) is 20.8 Å². The first-order valence-corrected chi connectivity index (χ1v) is 9.44. The Morgan fingerprint density at radius 3 is 2.25 bits per heavy atom. The normalized spacial score (nSPS) is 36.2. The Hall–Kier alpha value is -0.130. The van der Waals surface area contributed by atoms with Crippen LogP contribution in [0.25, 0.3) is 0 Å². The minimum atomic E-state index is -3.37. The molecule has 2 fully saturated rings. The Kier molecular flexibility index (Phi) is 4.53. The first-order chi connectivity index (χ1) is 9.10. The average molecular weight is 304 g/mol. The van der Waals surface area contributed by atoms with Crippen LogP contribution in [0.15, 0.2) is 0 Å². The van der Waals surface area contributed by atoms with E-state index in [4.69, 9.17) is 8.92 Å². The van der Waals surface area contributed by atoms with Crippen molar-refractivity contribution in [3.63, 3.8) is 0 Å². The highest BCUT2D eigenvalue weighted by atomic mass is 32.2. The first-order valence-electron chi connectivity index (χ1n) is 7.62. The minimum Gasteiger partial charge on any atom is -0.375 e. The lowest BCUT2D eigenvalue weighted by atomic mass is 9.67. The summed E-state index contributed by atoms with van der Waals surface area (Å²) < 4.78 is 33.8. The van der Waals surface area contributed by atoms with E-state index >= 15 is 0 Å². The number of hydrogen-bond donors (Lipinski definition) is 0. The van der Waals surface area contributed by atoms with Crippen molar-refractivity contribution in [3.8, 4) is 0 Å². The molecule has 1 atom stereocenters. The molecule has 118 valence electrons. The van der Waals surface area contributed by atoms with Gasteiger partial charge in [0.2, 0.25) is 0 Å². The molecule has 1 spiro atoms. The molecule has 0 amide bonds. The Bertz CT molecular complexity index is 427. The molecule has 1 saturated heterocycles. The van der Waals surface area contributed by atoms with E-state index in [1.165, 1.54) is 0 Å². The highest BCUT2D eigenvalue weighted by Gasteiger charge is 2.43. The molecule has 0 aromatic heterocycles. The summed E-state index contributed by atoms with van der Waals surface area (Å²) in [4.78, 5) is 0. The van der Waals surface area contributed by atoms with Crippen molar-refractivity contribution in [1.29, 1.82) is 0 Å². The third-order valence-electron chi connectivity index (χ3n) is 4.88. The molecule has 1 unspecified atom stereocenters. The molecule has 0 aromatic rings. The molecule has 0 aromatic carbocycles. The second kappa shape index (κ2) is 5.58. The Morgan fingerprint density at radius 2 is 1.75 bits per heavy atom. The van der Waals surface area contributed by atoms with E-state index in [-0.39, 0.29) is 11.7 Å². The molecule has 2 rings (SSSR count). The lowest BCUT2D eigenvalue weighted by Crippen LogP contribution is -2.46. The fraction of sp³-hybridized carbons (Fsp3) is 1.00. The number of rotatable bonds is 2. The summed E-state index contributed by atoms with van der Waals surface area (Å²) in [6.07, 6.45) is 6.70. The van der Waals surface area contributed by atoms with Crippen LogP contribution >= 0.6 is 0 Å². The van der Waals surface area contributed by atoms with Crippen LogP contribution < -0.4 is 0 Å². The van der Waals surface area contributed by atoms with Gasteiger partial charge in [0, 0.05) is 13.0 Å². The lowest BCUT2D eigenvalue weighted by Gasteiger charge is -2.47. The summed E-state index contributed by atoms with van der Waals surface area (Å²) in [5.74, 6) is 0.730. The molecule has 4 nitrogen and oxygen atoms in total. The molecule has 5 heteroatoms. The van der Waals surface area contributed by atoms with Crippen molar-refractivity contribution >= 4 is 10.1 Å². The molecule has 2 aliphatic rings. The van der Waals surface area contributed by atoms with Gasteiger partial charge in [0.25, 0.3) is 10.1 Å². The molecule has 1 aliphatic carbocycles. The van der Waals surface area contributed by atoms with Crippen LogP contribution in [-0.4, -0.2) is 33.0 Å². The maximum absolute atomic E-state index is 11.3. The molecule has 1 heterocycles. The fourth-order valence-corrected chi connectivity index (χ4v) is 4.33. The predicted octanol–water partition coefficient (Wildman–Crippen LogP) is 3.12. The Balaban J connectivity index is 1.96. The van der Waals surface area contributed by atoms with E-state index in [1.54, 1.807) is 0 Å². The van der Waals surface area contributed by atoms with Gasteiger partial charge in [-0.2, -0.15) is 8.42 Å². The van der Waals surface area contributed by atoms with E-state index in [1.807, 2.05) is 0 Å². The third kappa shape index (κ3) is 4.18. The summed E-state index contributed by atoms with van der Waals surface area (Å²) in [6.45, 7) is 7.51. The zero-order valence-electron chi connectivity index (χ0n) is 13.1. The maximum atomic E-state index is 11.3. The highest BCUT2D eigenvalue weighted by Crippen LogP contribution is 2.46. The van der Waals surface area contributed by atoms with Crippen LogP contribution in [0.2, 0.25) is 0 Å². The molecule has 20 heavy (non-hydrogen) atoms. The zero-order valence-corrected chi connectivity index (χ0v) is 14.0. The summed E-state index contributed by atoms with van der Waals surface area (Å²) in [6, 6.07) is 0. The Morgan fingerprint density at radius 1 is 1.15 bits per heavy atom. The molecule has 0 radical (unpaired) electrons. The van der Waals surface area contributed by atoms with Crippen molar-refractivity contribution in [2.24, 2.45) is 11.3 Å². The van der Waals surface area contributed by atoms with Crippen molar-refractivity contribution < 1.29 is 17.3 Å². The second-order valence-electron chi connectivity index (χ2n) is 7.59. The summed E-state index contributed by atoms with van der Waals surface area (Å²) in [5, 5.41) is 0. The summed E-state index contributed by atoms with van der Waals surface area (Å²) in [7, 11) is -3.37. The van der Waals surface area contributed by atoms with Crippen molar-refractivity contribution in [3.05, 3.63) is 0 Å². The third-order valence-corrected chi connectivity index (χ3v) is 5.50. The van der Waals surface area contributed by atoms with Gasteiger partial charge in [-0.3, -0.25) is 4.18 Å². The fourth-order valence-electron chi connectivity index (χ4n) is 3.67. The van der Waals surface area contributed by atoms with Crippen molar-refractivity contribution in [2.45, 2.75) is 71.0 Å². The minimum absolute atomic E-state index is 0.143. The van der Waals surface area contributed by atoms with E-state index in [0.717, 1.165) is 44.3 Å². The van der Waals surface area contributed by atoms with E-state index in [2.05, 4.69) is 20.8 Å². The molecular formula is C15H28O4S. The first kappa shape index (κ1) is 16.2. The SMILES string of the molecule is CC(C)(C)C1CCC2(CC1)CC(OS(C)(=O)=O)CCO2. The second-order valence-corrected chi connectivity index (χ2v) is 9.19. The number of hydrogen-bond acceptors (Lipinski definition) is 4. The highest BCUT2D eigenvalue weighted by molar-refractivity contribution is 7.86. The smallest absolute Gasteiger partial charge is 0.264 e. The lowest BCUT2D eigenvalue weighted by molar-refractivity contribution is -0.138. The van der Waals surface area contributed by atoms with Gasteiger partial charge in [0.1, 0.15) is 0 Å². The van der Waals surface area contributed by atoms with Crippen LogP contribution in [0.3, 0.4) is 0 Å². The molecule has 1 saturated carbocycles. The van der Waals surface area contributed by atoms with Crippen LogP contribution in [0.1, 0.15) is 59.3 Å². The summed E-state index contributed by atoms with van der Waals surface area (Å²) >= 11 is 0. The Labute approximate surface area is 123 Å². The van der Waals surface area contributed by atoms with Gasteiger partial charge in [-0.05, 0) is 43.4 Å². The van der Waals surface area contributed by atoms with Crippen LogP contribution in [0.5, 0.6) is 0 Å². The molecular weight excluding hydrogens is 276 g/mol. The van der Waals surface area contributed by atoms with Gasteiger partial charge < -0.3 is 4.74 Å². The quantitative estimate of drug-likeness (QED) is 0.736. The largest absolute Gasteiger partial charge is 0.375 e. The van der Waals surface area contributed by atoms with Crippen molar-refractivity contribution in [1.82, 2.24) is 0 Å². The monoisotopic (exact) mass is 304 g/mol. The van der Waals surface area contributed by atoms with Gasteiger partial charge >= 0.3 is 0 Å². The molecule has 0 bridgehead atoms. The van der Waals surface area contributed by atoms with Gasteiger partial charge in [0.05, 0.1) is 18.0 Å². The van der Waals surface area contributed by atoms with Gasteiger partial charge in [-0.15, -0.1) is 0 Å². The number of ether oxygens (including phenoxy) is 1. The maximum Gasteiger partial charge on any atom is 0.264 e. The topological polar surface area (TPSA) is 52.6 Å². The van der Waals surface area contributed by atoms with Crippen LogP contribution in [0, 0.1) is 11.3 Å².